The number of nitrogen functional groups attached to an aromatic ring is 1. The first-order valence-corrected chi connectivity index (χ1v) is 7.36. The van der Waals surface area contributed by atoms with E-state index in [1.54, 1.807) is 12.1 Å². The number of rotatable bonds is 2. The monoisotopic (exact) mass is 295 g/mol. The van der Waals surface area contributed by atoms with Gasteiger partial charge < -0.3 is 10.6 Å². The van der Waals surface area contributed by atoms with Crippen molar-refractivity contribution in [2.45, 2.75) is 45.6 Å². The summed E-state index contributed by atoms with van der Waals surface area (Å²) in [7, 11) is 1.86. The van der Waals surface area contributed by atoms with Gasteiger partial charge in [0.25, 0.3) is 5.91 Å². The van der Waals surface area contributed by atoms with Gasteiger partial charge in [-0.1, -0.05) is 25.4 Å². The number of carbonyl (C=O) groups is 1. The molecule has 110 valence electrons. The van der Waals surface area contributed by atoms with Crippen LogP contribution in [0, 0.1) is 5.41 Å². The van der Waals surface area contributed by atoms with Crippen molar-refractivity contribution in [3.63, 3.8) is 0 Å². The zero-order valence-electron chi connectivity index (χ0n) is 12.3. The van der Waals surface area contributed by atoms with E-state index in [-0.39, 0.29) is 16.9 Å². The number of halogens is 1. The van der Waals surface area contributed by atoms with Gasteiger partial charge in [-0.2, -0.15) is 0 Å². The summed E-state index contributed by atoms with van der Waals surface area (Å²) in [6.07, 6.45) is 4.39. The Kier molecular flexibility index (Phi) is 4.23. The van der Waals surface area contributed by atoms with Gasteiger partial charge in [-0.05, 0) is 43.2 Å². The van der Waals surface area contributed by atoms with Gasteiger partial charge >= 0.3 is 0 Å². The Morgan fingerprint density at radius 2 is 2.00 bits per heavy atom. The number of aromatic nitrogens is 1. The average molecular weight is 296 g/mol. The Labute approximate surface area is 125 Å². The van der Waals surface area contributed by atoms with Crippen molar-refractivity contribution >= 4 is 23.3 Å². The second-order valence-corrected chi connectivity index (χ2v) is 6.80. The van der Waals surface area contributed by atoms with E-state index in [4.69, 9.17) is 17.3 Å². The van der Waals surface area contributed by atoms with Crippen LogP contribution in [0.1, 0.15) is 49.9 Å². The number of nitrogens with two attached hydrogens (primary N) is 1. The molecule has 4 nitrogen and oxygen atoms in total. The SMILES string of the molecule is CN(C(=O)c1cc(N)nc(Cl)c1)C1CCC(C)(C)CC1. The van der Waals surface area contributed by atoms with Crippen LogP contribution in [0.25, 0.3) is 0 Å². The van der Waals surface area contributed by atoms with Crippen LogP contribution >= 0.6 is 11.6 Å². The molecule has 1 aromatic heterocycles. The Bertz CT molecular complexity index is 486. The molecular weight excluding hydrogens is 274 g/mol. The van der Waals surface area contributed by atoms with Crippen LogP contribution in [0.15, 0.2) is 12.1 Å². The van der Waals surface area contributed by atoms with Gasteiger partial charge in [0.2, 0.25) is 0 Å². The standard InChI is InChI=1S/C15H22ClN3O/c1-15(2)6-4-11(5-7-15)19(3)14(20)10-8-12(16)18-13(17)9-10/h8-9,11H,4-7H2,1-3H3,(H2,17,18). The van der Waals surface area contributed by atoms with Crippen molar-refractivity contribution in [1.29, 1.82) is 0 Å². The number of carbonyl (C=O) groups excluding carboxylic acids is 1. The van der Waals surface area contributed by atoms with E-state index in [1.807, 2.05) is 11.9 Å². The molecule has 0 bridgehead atoms. The molecule has 1 aliphatic rings. The lowest BCUT2D eigenvalue weighted by Crippen LogP contribution is -2.40. The van der Waals surface area contributed by atoms with Crippen molar-refractivity contribution in [1.82, 2.24) is 9.88 Å². The number of amides is 1. The summed E-state index contributed by atoms with van der Waals surface area (Å²) in [5.41, 5.74) is 6.55. The van der Waals surface area contributed by atoms with Crippen LogP contribution in [0.4, 0.5) is 5.82 Å². The third kappa shape index (κ3) is 3.42. The minimum atomic E-state index is -0.0364. The fourth-order valence-electron chi connectivity index (χ4n) is 2.78. The molecule has 0 radical (unpaired) electrons. The van der Waals surface area contributed by atoms with Crippen LogP contribution < -0.4 is 5.73 Å². The molecule has 0 atom stereocenters. The summed E-state index contributed by atoms with van der Waals surface area (Å²) in [5, 5.41) is 0.256. The fourth-order valence-corrected chi connectivity index (χ4v) is 3.00. The topological polar surface area (TPSA) is 59.2 Å². The molecule has 0 saturated heterocycles. The van der Waals surface area contributed by atoms with E-state index in [0.29, 0.717) is 17.0 Å². The number of anilines is 1. The summed E-state index contributed by atoms with van der Waals surface area (Å²) < 4.78 is 0. The predicted octanol–water partition coefficient (Wildman–Crippen LogP) is 3.36. The van der Waals surface area contributed by atoms with Gasteiger partial charge in [0.1, 0.15) is 11.0 Å². The highest BCUT2D eigenvalue weighted by Gasteiger charge is 2.30. The first-order valence-electron chi connectivity index (χ1n) is 6.99. The summed E-state index contributed by atoms with van der Waals surface area (Å²) in [6.45, 7) is 4.57. The first-order chi connectivity index (χ1) is 9.28. The van der Waals surface area contributed by atoms with Gasteiger partial charge in [0, 0.05) is 18.7 Å². The lowest BCUT2D eigenvalue weighted by Gasteiger charge is -2.38. The maximum atomic E-state index is 12.5. The second kappa shape index (κ2) is 5.60. The fraction of sp³-hybridized carbons (Fsp3) is 0.600. The van der Waals surface area contributed by atoms with Crippen molar-refractivity contribution in [2.24, 2.45) is 5.41 Å². The van der Waals surface area contributed by atoms with E-state index in [1.165, 1.54) is 0 Å². The lowest BCUT2D eigenvalue weighted by atomic mass is 9.75. The molecule has 1 saturated carbocycles. The number of hydrogen-bond donors (Lipinski definition) is 1. The summed E-state index contributed by atoms with van der Waals surface area (Å²) in [4.78, 5) is 18.2. The molecule has 1 amide bonds. The van der Waals surface area contributed by atoms with Crippen molar-refractivity contribution in [3.05, 3.63) is 22.8 Å². The van der Waals surface area contributed by atoms with Crippen LogP contribution in [-0.2, 0) is 0 Å². The molecule has 1 heterocycles. The van der Waals surface area contributed by atoms with Crippen molar-refractivity contribution < 1.29 is 4.79 Å². The second-order valence-electron chi connectivity index (χ2n) is 6.41. The largest absolute Gasteiger partial charge is 0.384 e. The number of hydrogen-bond acceptors (Lipinski definition) is 3. The van der Waals surface area contributed by atoms with Gasteiger partial charge in [-0.3, -0.25) is 4.79 Å². The maximum absolute atomic E-state index is 12.5. The average Bonchev–Trinajstić information content (AvgIpc) is 2.36. The van der Waals surface area contributed by atoms with Crippen LogP contribution in [0.3, 0.4) is 0 Å². The van der Waals surface area contributed by atoms with Gasteiger partial charge in [-0.15, -0.1) is 0 Å². The number of nitrogens with zero attached hydrogens (tertiary/aromatic N) is 2. The molecule has 1 fully saturated rings. The van der Waals surface area contributed by atoms with E-state index >= 15 is 0 Å². The highest BCUT2D eigenvalue weighted by molar-refractivity contribution is 6.29. The summed E-state index contributed by atoms with van der Waals surface area (Å²) in [5.74, 6) is 0.240. The molecular formula is C15H22ClN3O. The molecule has 0 aliphatic heterocycles. The minimum Gasteiger partial charge on any atom is -0.384 e. The zero-order valence-corrected chi connectivity index (χ0v) is 13.1. The first kappa shape index (κ1) is 15.1. The van der Waals surface area contributed by atoms with Crippen molar-refractivity contribution in [2.75, 3.05) is 12.8 Å². The number of pyridine rings is 1. The Hall–Kier alpha value is -1.29. The third-order valence-electron chi connectivity index (χ3n) is 4.24. The van der Waals surface area contributed by atoms with Gasteiger partial charge in [0.15, 0.2) is 0 Å². The molecule has 0 spiro atoms. The maximum Gasteiger partial charge on any atom is 0.254 e. The Morgan fingerprint density at radius 1 is 1.40 bits per heavy atom. The van der Waals surface area contributed by atoms with Crippen LogP contribution in [-0.4, -0.2) is 28.9 Å². The quantitative estimate of drug-likeness (QED) is 0.851. The van der Waals surface area contributed by atoms with Crippen LogP contribution in [0.5, 0.6) is 0 Å². The molecule has 2 rings (SSSR count). The third-order valence-corrected chi connectivity index (χ3v) is 4.43. The predicted molar refractivity (Wildman–Crippen MR) is 81.8 cm³/mol. The summed E-state index contributed by atoms with van der Waals surface area (Å²) >= 11 is 5.86. The van der Waals surface area contributed by atoms with E-state index in [2.05, 4.69) is 18.8 Å². The molecule has 2 N–H and O–H groups in total. The zero-order chi connectivity index (χ0) is 14.9. The molecule has 1 aliphatic carbocycles. The van der Waals surface area contributed by atoms with Gasteiger partial charge in [0.05, 0.1) is 0 Å². The highest BCUT2D eigenvalue weighted by Crippen LogP contribution is 2.36. The molecule has 1 aromatic rings. The normalized spacial score (nSPS) is 18.8. The van der Waals surface area contributed by atoms with Gasteiger partial charge in [-0.25, -0.2) is 4.98 Å². The lowest BCUT2D eigenvalue weighted by molar-refractivity contribution is 0.0635. The van der Waals surface area contributed by atoms with E-state index < -0.39 is 0 Å². The minimum absolute atomic E-state index is 0.0364. The molecule has 5 heteroatoms. The molecule has 20 heavy (non-hydrogen) atoms. The smallest absolute Gasteiger partial charge is 0.254 e. The Morgan fingerprint density at radius 3 is 2.55 bits per heavy atom. The summed E-state index contributed by atoms with van der Waals surface area (Å²) in [6, 6.07) is 3.45. The molecule has 0 aromatic carbocycles. The van der Waals surface area contributed by atoms with Crippen molar-refractivity contribution in [3.8, 4) is 0 Å². The van der Waals surface area contributed by atoms with E-state index in [9.17, 15) is 4.79 Å². The van der Waals surface area contributed by atoms with Crippen LogP contribution in [0.2, 0.25) is 5.15 Å². The highest BCUT2D eigenvalue weighted by atomic mass is 35.5. The molecule has 0 unspecified atom stereocenters. The van der Waals surface area contributed by atoms with E-state index in [0.717, 1.165) is 25.7 Å². The Balaban J connectivity index is 2.09.